The van der Waals surface area contributed by atoms with Crippen LogP contribution >= 0.6 is 11.3 Å². The van der Waals surface area contributed by atoms with Crippen LogP contribution in [-0.4, -0.2) is 29.8 Å². The van der Waals surface area contributed by atoms with E-state index in [1.807, 2.05) is 31.2 Å². The van der Waals surface area contributed by atoms with E-state index in [2.05, 4.69) is 20.4 Å². The summed E-state index contributed by atoms with van der Waals surface area (Å²) in [5.74, 6) is -0.942. The van der Waals surface area contributed by atoms with Crippen molar-refractivity contribution < 1.29 is 32.2 Å². The highest BCUT2D eigenvalue weighted by Gasteiger charge is 2.31. The Kier molecular flexibility index (Phi) is 7.88. The molecular weight excluding hydrogens is 459 g/mol. The molecule has 2 N–H and O–H groups in total. The van der Waals surface area contributed by atoms with Gasteiger partial charge in [0.1, 0.15) is 22.2 Å². The molecule has 0 aliphatic carbocycles. The average Bonchev–Trinajstić information content (AvgIpc) is 3.25. The second-order valence-electron chi connectivity index (χ2n) is 6.82. The standard InChI is InChI=1S/C22H20F3N3O4S/c1-14-4-2-3-5-15(14)10-27-21(30)18-13-33-20(28-18)11-26-19(29)12-31-16-6-8-17(9-7-16)32-22(23,24)25/h2-9,13H,10-12H2,1H3,(H,26,29)(H,27,30). The van der Waals surface area contributed by atoms with E-state index in [1.165, 1.54) is 23.5 Å². The minimum Gasteiger partial charge on any atom is -0.484 e. The molecule has 3 aromatic rings. The first-order valence-corrected chi connectivity index (χ1v) is 10.6. The van der Waals surface area contributed by atoms with Crippen LogP contribution in [0.5, 0.6) is 11.5 Å². The maximum atomic E-state index is 12.3. The van der Waals surface area contributed by atoms with Gasteiger partial charge in [0, 0.05) is 11.9 Å². The Morgan fingerprint density at radius 1 is 1.00 bits per heavy atom. The molecular formula is C22H20F3N3O4S. The van der Waals surface area contributed by atoms with Gasteiger partial charge in [0.2, 0.25) is 0 Å². The molecule has 0 saturated heterocycles. The summed E-state index contributed by atoms with van der Waals surface area (Å²) >= 11 is 1.23. The highest BCUT2D eigenvalue weighted by molar-refractivity contribution is 7.09. The maximum Gasteiger partial charge on any atom is 0.573 e. The second-order valence-corrected chi connectivity index (χ2v) is 7.76. The molecule has 0 aliphatic rings. The van der Waals surface area contributed by atoms with Crippen molar-refractivity contribution in [3.05, 3.63) is 75.7 Å². The molecule has 2 amide bonds. The third-order valence-electron chi connectivity index (χ3n) is 4.35. The zero-order valence-electron chi connectivity index (χ0n) is 17.4. The predicted molar refractivity (Wildman–Crippen MR) is 115 cm³/mol. The monoisotopic (exact) mass is 479 g/mol. The number of aromatic nitrogens is 1. The number of rotatable bonds is 9. The summed E-state index contributed by atoms with van der Waals surface area (Å²) in [5.41, 5.74) is 2.35. The molecule has 7 nitrogen and oxygen atoms in total. The zero-order valence-corrected chi connectivity index (χ0v) is 18.3. The lowest BCUT2D eigenvalue weighted by molar-refractivity contribution is -0.274. The molecule has 0 radical (unpaired) electrons. The third-order valence-corrected chi connectivity index (χ3v) is 5.20. The molecule has 3 rings (SSSR count). The molecule has 0 spiro atoms. The minimum atomic E-state index is -4.78. The number of nitrogens with one attached hydrogen (secondary N) is 2. The number of aryl methyl sites for hydroxylation is 1. The molecule has 0 bridgehead atoms. The number of carbonyl (C=O) groups is 2. The van der Waals surface area contributed by atoms with E-state index in [-0.39, 0.29) is 36.3 Å². The van der Waals surface area contributed by atoms with Crippen molar-refractivity contribution in [2.24, 2.45) is 0 Å². The first-order valence-electron chi connectivity index (χ1n) is 9.72. The SMILES string of the molecule is Cc1ccccc1CNC(=O)c1csc(CNC(=O)COc2ccc(OC(F)(F)F)cc2)n1. The van der Waals surface area contributed by atoms with Gasteiger partial charge in [0.15, 0.2) is 6.61 Å². The number of benzene rings is 2. The van der Waals surface area contributed by atoms with Crippen LogP contribution in [0.4, 0.5) is 13.2 Å². The van der Waals surface area contributed by atoms with Crippen molar-refractivity contribution in [2.75, 3.05) is 6.61 Å². The van der Waals surface area contributed by atoms with Gasteiger partial charge in [0.05, 0.1) is 6.54 Å². The smallest absolute Gasteiger partial charge is 0.484 e. The number of nitrogens with zero attached hydrogens (tertiary/aromatic N) is 1. The highest BCUT2D eigenvalue weighted by atomic mass is 32.1. The van der Waals surface area contributed by atoms with Crippen LogP contribution in [0, 0.1) is 6.92 Å². The van der Waals surface area contributed by atoms with Gasteiger partial charge in [0.25, 0.3) is 11.8 Å². The van der Waals surface area contributed by atoms with E-state index in [4.69, 9.17) is 4.74 Å². The van der Waals surface area contributed by atoms with Crippen LogP contribution in [0.3, 0.4) is 0 Å². The normalized spacial score (nSPS) is 11.0. The van der Waals surface area contributed by atoms with Gasteiger partial charge in [-0.3, -0.25) is 9.59 Å². The van der Waals surface area contributed by atoms with Crippen molar-refractivity contribution in [2.45, 2.75) is 26.4 Å². The Morgan fingerprint density at radius 3 is 2.39 bits per heavy atom. The summed E-state index contributed by atoms with van der Waals surface area (Å²) in [4.78, 5) is 28.5. The lowest BCUT2D eigenvalue weighted by Crippen LogP contribution is -2.28. The van der Waals surface area contributed by atoms with E-state index in [0.717, 1.165) is 23.3 Å². The van der Waals surface area contributed by atoms with E-state index >= 15 is 0 Å². The summed E-state index contributed by atoms with van der Waals surface area (Å²) < 4.78 is 45.5. The lowest BCUT2D eigenvalue weighted by Gasteiger charge is -2.10. The average molecular weight is 479 g/mol. The van der Waals surface area contributed by atoms with Crippen LogP contribution in [-0.2, 0) is 17.9 Å². The van der Waals surface area contributed by atoms with Crippen LogP contribution in [0.1, 0.15) is 26.6 Å². The Morgan fingerprint density at radius 2 is 1.70 bits per heavy atom. The predicted octanol–water partition coefficient (Wildman–Crippen LogP) is 3.98. The number of hydrogen-bond acceptors (Lipinski definition) is 6. The van der Waals surface area contributed by atoms with E-state index < -0.39 is 12.3 Å². The molecule has 0 saturated carbocycles. The van der Waals surface area contributed by atoms with Crippen molar-refractivity contribution in [1.82, 2.24) is 15.6 Å². The van der Waals surface area contributed by atoms with Crippen molar-refractivity contribution in [3.8, 4) is 11.5 Å². The third kappa shape index (κ3) is 7.79. The van der Waals surface area contributed by atoms with Gasteiger partial charge in [-0.15, -0.1) is 24.5 Å². The molecule has 2 aromatic carbocycles. The molecule has 11 heteroatoms. The number of amides is 2. The highest BCUT2D eigenvalue weighted by Crippen LogP contribution is 2.24. The number of ether oxygens (including phenoxy) is 2. The first kappa shape index (κ1) is 24.1. The summed E-state index contributed by atoms with van der Waals surface area (Å²) in [6.07, 6.45) is -4.78. The fourth-order valence-electron chi connectivity index (χ4n) is 2.68. The largest absolute Gasteiger partial charge is 0.573 e. The van der Waals surface area contributed by atoms with Crippen LogP contribution in [0.15, 0.2) is 53.9 Å². The van der Waals surface area contributed by atoms with Crippen LogP contribution in [0.2, 0.25) is 0 Å². The molecule has 0 atom stereocenters. The zero-order chi connectivity index (χ0) is 23.8. The fourth-order valence-corrected chi connectivity index (χ4v) is 3.40. The number of halogens is 3. The summed E-state index contributed by atoms with van der Waals surface area (Å²) in [6.45, 7) is 2.12. The number of hydrogen-bond donors (Lipinski definition) is 2. The van der Waals surface area contributed by atoms with Gasteiger partial charge in [-0.2, -0.15) is 0 Å². The topological polar surface area (TPSA) is 89.6 Å². The van der Waals surface area contributed by atoms with Gasteiger partial charge >= 0.3 is 6.36 Å². The Bertz CT molecular complexity index is 1100. The van der Waals surface area contributed by atoms with Gasteiger partial charge in [-0.05, 0) is 42.3 Å². The van der Waals surface area contributed by atoms with Crippen molar-refractivity contribution in [3.63, 3.8) is 0 Å². The Balaban J connectivity index is 1.41. The molecule has 0 aliphatic heterocycles. The lowest BCUT2D eigenvalue weighted by atomic mass is 10.1. The second kappa shape index (κ2) is 10.8. The molecule has 0 fully saturated rings. The van der Waals surface area contributed by atoms with Crippen molar-refractivity contribution in [1.29, 1.82) is 0 Å². The summed E-state index contributed by atoms with van der Waals surface area (Å²) in [6, 6.07) is 12.4. The molecule has 174 valence electrons. The van der Waals surface area contributed by atoms with Crippen LogP contribution < -0.4 is 20.1 Å². The summed E-state index contributed by atoms with van der Waals surface area (Å²) in [7, 11) is 0. The molecule has 1 heterocycles. The summed E-state index contributed by atoms with van der Waals surface area (Å²) in [5, 5.41) is 7.57. The molecule has 33 heavy (non-hydrogen) atoms. The first-order chi connectivity index (χ1) is 15.7. The maximum absolute atomic E-state index is 12.3. The Hall–Kier alpha value is -3.60. The van der Waals surface area contributed by atoms with E-state index in [1.54, 1.807) is 5.38 Å². The number of alkyl halides is 3. The van der Waals surface area contributed by atoms with E-state index in [0.29, 0.717) is 11.6 Å². The van der Waals surface area contributed by atoms with Gasteiger partial charge in [-0.1, -0.05) is 24.3 Å². The van der Waals surface area contributed by atoms with E-state index in [9.17, 15) is 22.8 Å². The van der Waals surface area contributed by atoms with Crippen LogP contribution in [0.25, 0.3) is 0 Å². The fraction of sp³-hybridized carbons (Fsp3) is 0.227. The van der Waals surface area contributed by atoms with Gasteiger partial charge in [-0.25, -0.2) is 4.98 Å². The Labute approximate surface area is 191 Å². The number of carbonyl (C=O) groups excluding carboxylic acids is 2. The quantitative estimate of drug-likeness (QED) is 0.485. The molecule has 0 unspecified atom stereocenters. The molecule has 1 aromatic heterocycles. The number of thiazole rings is 1. The van der Waals surface area contributed by atoms with Gasteiger partial charge < -0.3 is 20.1 Å². The van der Waals surface area contributed by atoms with Crippen molar-refractivity contribution >= 4 is 23.2 Å². The minimum absolute atomic E-state index is 0.107.